The zero-order valence-corrected chi connectivity index (χ0v) is 16.9. The number of aromatic amines is 1. The van der Waals surface area contributed by atoms with Crippen molar-refractivity contribution in [3.8, 4) is 22.5 Å². The molecule has 30 heavy (non-hydrogen) atoms. The lowest BCUT2D eigenvalue weighted by Crippen LogP contribution is -2.22. The fourth-order valence-corrected chi connectivity index (χ4v) is 4.21. The molecular formula is C25H19N3OS. The lowest BCUT2D eigenvalue weighted by Gasteiger charge is -2.05. The summed E-state index contributed by atoms with van der Waals surface area (Å²) < 4.78 is 0. The minimum Gasteiger partial charge on any atom is -0.348 e. The Morgan fingerprint density at radius 3 is 2.63 bits per heavy atom. The van der Waals surface area contributed by atoms with Gasteiger partial charge in [0.2, 0.25) is 0 Å². The van der Waals surface area contributed by atoms with E-state index in [1.54, 1.807) is 11.3 Å². The molecule has 2 aromatic heterocycles. The Morgan fingerprint density at radius 2 is 1.80 bits per heavy atom. The number of thiophene rings is 1. The molecule has 0 fully saturated rings. The van der Waals surface area contributed by atoms with Crippen molar-refractivity contribution < 1.29 is 4.79 Å². The Hall–Kier alpha value is -3.70. The zero-order chi connectivity index (χ0) is 20.3. The van der Waals surface area contributed by atoms with E-state index in [2.05, 4.69) is 45.8 Å². The summed E-state index contributed by atoms with van der Waals surface area (Å²) in [5, 5.41) is 17.0. The number of hydrogen-bond donors (Lipinski definition) is 2. The molecule has 5 aromatic rings. The number of rotatable bonds is 5. The number of fused-ring (bicyclic) bond motifs is 1. The van der Waals surface area contributed by atoms with Gasteiger partial charge in [-0.25, -0.2) is 0 Å². The summed E-state index contributed by atoms with van der Waals surface area (Å²) in [7, 11) is 0. The highest BCUT2D eigenvalue weighted by Crippen LogP contribution is 2.29. The van der Waals surface area contributed by atoms with Crippen LogP contribution in [-0.4, -0.2) is 16.1 Å². The van der Waals surface area contributed by atoms with Crippen LogP contribution in [0.15, 0.2) is 89.6 Å². The number of nitrogens with one attached hydrogen (secondary N) is 2. The maximum atomic E-state index is 12.4. The number of carbonyl (C=O) groups excluding carboxylic acids is 1. The molecule has 0 atom stereocenters. The Kier molecular flexibility index (Phi) is 4.87. The summed E-state index contributed by atoms with van der Waals surface area (Å²) in [4.78, 5) is 12.4. The normalized spacial score (nSPS) is 10.9. The van der Waals surface area contributed by atoms with Gasteiger partial charge in [-0.2, -0.15) is 16.4 Å². The van der Waals surface area contributed by atoms with Crippen LogP contribution >= 0.6 is 11.3 Å². The highest BCUT2D eigenvalue weighted by molar-refractivity contribution is 7.07. The van der Waals surface area contributed by atoms with Crippen molar-refractivity contribution >= 4 is 28.0 Å². The molecule has 5 rings (SSSR count). The number of benzene rings is 3. The van der Waals surface area contributed by atoms with Gasteiger partial charge in [-0.3, -0.25) is 9.89 Å². The smallest absolute Gasteiger partial charge is 0.251 e. The highest BCUT2D eigenvalue weighted by Gasteiger charge is 2.10. The van der Waals surface area contributed by atoms with E-state index < -0.39 is 0 Å². The third-order valence-electron chi connectivity index (χ3n) is 5.13. The van der Waals surface area contributed by atoms with E-state index >= 15 is 0 Å². The van der Waals surface area contributed by atoms with Crippen LogP contribution in [0.2, 0.25) is 0 Å². The lowest BCUT2D eigenvalue weighted by molar-refractivity contribution is 0.0951. The number of aromatic nitrogens is 2. The molecule has 0 unspecified atom stereocenters. The highest BCUT2D eigenvalue weighted by atomic mass is 32.1. The zero-order valence-electron chi connectivity index (χ0n) is 16.1. The largest absolute Gasteiger partial charge is 0.348 e. The Bertz CT molecular complexity index is 1300. The minimum absolute atomic E-state index is 0.0776. The van der Waals surface area contributed by atoms with Crippen molar-refractivity contribution in [3.63, 3.8) is 0 Å². The average Bonchev–Trinajstić information content (AvgIpc) is 3.50. The van der Waals surface area contributed by atoms with E-state index in [0.717, 1.165) is 28.1 Å². The van der Waals surface area contributed by atoms with Crippen molar-refractivity contribution in [1.29, 1.82) is 0 Å². The molecule has 2 N–H and O–H groups in total. The van der Waals surface area contributed by atoms with Crippen LogP contribution in [-0.2, 0) is 6.54 Å². The maximum absolute atomic E-state index is 12.4. The summed E-state index contributed by atoms with van der Waals surface area (Å²) in [5.74, 6) is -0.0776. The Labute approximate surface area is 178 Å². The summed E-state index contributed by atoms with van der Waals surface area (Å²) >= 11 is 1.63. The first-order valence-electron chi connectivity index (χ1n) is 9.71. The first-order valence-corrected chi connectivity index (χ1v) is 10.7. The maximum Gasteiger partial charge on any atom is 0.251 e. The quantitative estimate of drug-likeness (QED) is 0.380. The van der Waals surface area contributed by atoms with Crippen molar-refractivity contribution in [1.82, 2.24) is 15.5 Å². The predicted octanol–water partition coefficient (Wildman–Crippen LogP) is 5.89. The van der Waals surface area contributed by atoms with Gasteiger partial charge in [0.15, 0.2) is 0 Å². The van der Waals surface area contributed by atoms with Crippen molar-refractivity contribution in [3.05, 3.63) is 101 Å². The van der Waals surface area contributed by atoms with Gasteiger partial charge in [-0.15, -0.1) is 0 Å². The molecule has 1 amide bonds. The molecule has 0 saturated heterocycles. The first kappa shape index (κ1) is 18.3. The van der Waals surface area contributed by atoms with Gasteiger partial charge in [-0.1, -0.05) is 54.6 Å². The van der Waals surface area contributed by atoms with Crippen molar-refractivity contribution in [2.24, 2.45) is 0 Å². The standard InChI is InChI=1S/C25H19N3OS/c29-25(26-15-17-12-13-30-16-17)20-10-8-19(9-11-20)23-14-24(28-27-23)22-7-3-5-18-4-1-2-6-21(18)22/h1-14,16H,15H2,(H,26,29)(H,27,28). The number of H-pyrrole nitrogens is 1. The molecule has 0 aliphatic carbocycles. The van der Waals surface area contributed by atoms with Crippen LogP contribution in [0.1, 0.15) is 15.9 Å². The number of amides is 1. The van der Waals surface area contributed by atoms with Crippen LogP contribution < -0.4 is 5.32 Å². The third kappa shape index (κ3) is 3.63. The molecule has 0 aliphatic rings. The van der Waals surface area contributed by atoms with Crippen LogP contribution in [0.4, 0.5) is 0 Å². The molecule has 4 nitrogen and oxygen atoms in total. The Morgan fingerprint density at radius 1 is 0.967 bits per heavy atom. The number of carbonyl (C=O) groups is 1. The van der Waals surface area contributed by atoms with E-state index in [1.165, 1.54) is 10.8 Å². The number of nitrogens with zero attached hydrogens (tertiary/aromatic N) is 1. The molecule has 146 valence electrons. The van der Waals surface area contributed by atoms with Crippen LogP contribution in [0, 0.1) is 0 Å². The van der Waals surface area contributed by atoms with Gasteiger partial charge in [0, 0.05) is 23.2 Å². The van der Waals surface area contributed by atoms with E-state index in [0.29, 0.717) is 12.1 Å². The lowest BCUT2D eigenvalue weighted by atomic mass is 10.0. The summed E-state index contributed by atoms with van der Waals surface area (Å²) in [6.07, 6.45) is 0. The minimum atomic E-state index is -0.0776. The molecular weight excluding hydrogens is 390 g/mol. The molecule has 0 aliphatic heterocycles. The second kappa shape index (κ2) is 7.97. The summed E-state index contributed by atoms with van der Waals surface area (Å²) in [5.41, 5.74) is 5.66. The molecule has 5 heteroatoms. The predicted molar refractivity (Wildman–Crippen MR) is 122 cm³/mol. The molecule has 0 bridgehead atoms. The monoisotopic (exact) mass is 409 g/mol. The van der Waals surface area contributed by atoms with Crippen LogP contribution in [0.5, 0.6) is 0 Å². The van der Waals surface area contributed by atoms with Gasteiger partial charge in [-0.05, 0) is 51.4 Å². The first-order chi connectivity index (χ1) is 14.8. The number of hydrogen-bond acceptors (Lipinski definition) is 3. The van der Waals surface area contributed by atoms with Crippen molar-refractivity contribution in [2.75, 3.05) is 0 Å². The SMILES string of the molecule is O=C(NCc1ccsc1)c1ccc(-c2cc(-c3cccc4ccccc34)[nH]n2)cc1. The molecule has 2 heterocycles. The molecule has 0 saturated carbocycles. The van der Waals surface area contributed by atoms with Gasteiger partial charge < -0.3 is 5.32 Å². The van der Waals surface area contributed by atoms with Crippen LogP contribution in [0.3, 0.4) is 0 Å². The fraction of sp³-hybridized carbons (Fsp3) is 0.0400. The van der Waals surface area contributed by atoms with Crippen LogP contribution in [0.25, 0.3) is 33.3 Å². The summed E-state index contributed by atoms with van der Waals surface area (Å²) in [6.45, 7) is 0.540. The van der Waals surface area contributed by atoms with E-state index in [1.807, 2.05) is 59.3 Å². The Balaban J connectivity index is 1.35. The topological polar surface area (TPSA) is 57.8 Å². The van der Waals surface area contributed by atoms with Gasteiger partial charge >= 0.3 is 0 Å². The summed E-state index contributed by atoms with van der Waals surface area (Å²) in [6, 6.07) is 26.2. The third-order valence-corrected chi connectivity index (χ3v) is 5.87. The average molecular weight is 410 g/mol. The van der Waals surface area contributed by atoms with Gasteiger partial charge in [0.25, 0.3) is 5.91 Å². The van der Waals surface area contributed by atoms with E-state index in [4.69, 9.17) is 0 Å². The van der Waals surface area contributed by atoms with Gasteiger partial charge in [0.05, 0.1) is 11.4 Å². The molecule has 0 radical (unpaired) electrons. The second-order valence-electron chi connectivity index (χ2n) is 7.09. The van der Waals surface area contributed by atoms with E-state index in [9.17, 15) is 4.79 Å². The molecule has 3 aromatic carbocycles. The van der Waals surface area contributed by atoms with Crippen molar-refractivity contribution in [2.45, 2.75) is 6.54 Å². The fourth-order valence-electron chi connectivity index (χ4n) is 3.54. The molecule has 0 spiro atoms. The van der Waals surface area contributed by atoms with Gasteiger partial charge in [0.1, 0.15) is 0 Å². The van der Waals surface area contributed by atoms with E-state index in [-0.39, 0.29) is 5.91 Å². The second-order valence-corrected chi connectivity index (χ2v) is 7.87.